The Hall–Kier alpha value is -3.91. The van der Waals surface area contributed by atoms with Crippen molar-refractivity contribution >= 4 is 46.6 Å². The molecular formula is C27H26N6OS. The van der Waals surface area contributed by atoms with E-state index in [0.717, 1.165) is 23.5 Å². The second-order valence-corrected chi connectivity index (χ2v) is 9.40. The Morgan fingerprint density at radius 1 is 0.829 bits per heavy atom. The first kappa shape index (κ1) is 22.9. The zero-order valence-electron chi connectivity index (χ0n) is 19.7. The summed E-state index contributed by atoms with van der Waals surface area (Å²) in [7, 11) is 0. The molecular weight excluding hydrogens is 456 g/mol. The maximum Gasteiger partial charge on any atom is 0.237 e. The van der Waals surface area contributed by atoms with Gasteiger partial charge >= 0.3 is 0 Å². The SMILES string of the molecule is Cc1ccc(Nc2nc(Nc3ccc(C)cc3)nc(SCC(=O)N3CCc4ccccc43)n2)cc1. The molecule has 35 heavy (non-hydrogen) atoms. The van der Waals surface area contributed by atoms with Crippen molar-refractivity contribution in [1.82, 2.24) is 15.0 Å². The Labute approximate surface area is 209 Å². The Kier molecular flexibility index (Phi) is 6.63. The summed E-state index contributed by atoms with van der Waals surface area (Å²) in [5, 5.41) is 6.98. The second-order valence-electron chi connectivity index (χ2n) is 8.46. The summed E-state index contributed by atoms with van der Waals surface area (Å²) in [5.74, 6) is 1.12. The first-order valence-electron chi connectivity index (χ1n) is 11.5. The number of hydrogen-bond acceptors (Lipinski definition) is 7. The minimum Gasteiger partial charge on any atom is -0.324 e. The van der Waals surface area contributed by atoms with Gasteiger partial charge in [0.05, 0.1) is 5.75 Å². The van der Waals surface area contributed by atoms with Crippen LogP contribution in [0.2, 0.25) is 0 Å². The molecule has 2 heterocycles. The van der Waals surface area contributed by atoms with Gasteiger partial charge in [-0.1, -0.05) is 65.4 Å². The van der Waals surface area contributed by atoms with Gasteiger partial charge in [0.25, 0.3) is 0 Å². The van der Waals surface area contributed by atoms with E-state index >= 15 is 0 Å². The molecule has 2 N–H and O–H groups in total. The highest BCUT2D eigenvalue weighted by atomic mass is 32.2. The average molecular weight is 483 g/mol. The van der Waals surface area contributed by atoms with E-state index in [1.807, 2.05) is 85.5 Å². The molecule has 7 nitrogen and oxygen atoms in total. The van der Waals surface area contributed by atoms with Crippen LogP contribution in [0, 0.1) is 13.8 Å². The van der Waals surface area contributed by atoms with Gasteiger partial charge < -0.3 is 15.5 Å². The van der Waals surface area contributed by atoms with E-state index in [4.69, 9.17) is 0 Å². The summed E-state index contributed by atoms with van der Waals surface area (Å²) in [6.07, 6.45) is 0.883. The fourth-order valence-corrected chi connectivity index (χ4v) is 4.58. The van der Waals surface area contributed by atoms with Crippen LogP contribution in [0.15, 0.2) is 78.0 Å². The molecule has 4 aromatic rings. The summed E-state index contributed by atoms with van der Waals surface area (Å²) in [6, 6.07) is 24.1. The van der Waals surface area contributed by atoms with Crippen molar-refractivity contribution < 1.29 is 4.79 Å². The minimum absolute atomic E-state index is 0.0430. The zero-order valence-corrected chi connectivity index (χ0v) is 20.5. The average Bonchev–Trinajstić information content (AvgIpc) is 3.30. The number of anilines is 5. The Bertz CT molecular complexity index is 1280. The van der Waals surface area contributed by atoms with Crippen LogP contribution in [0.4, 0.5) is 29.0 Å². The summed E-state index contributed by atoms with van der Waals surface area (Å²) in [4.78, 5) is 28.5. The van der Waals surface area contributed by atoms with E-state index in [-0.39, 0.29) is 11.7 Å². The molecule has 0 bridgehead atoms. The second kappa shape index (κ2) is 10.1. The van der Waals surface area contributed by atoms with E-state index in [1.54, 1.807) is 0 Å². The number of rotatable bonds is 7. The topological polar surface area (TPSA) is 83.0 Å². The summed E-state index contributed by atoms with van der Waals surface area (Å²) in [6.45, 7) is 4.79. The number of aromatic nitrogens is 3. The van der Waals surface area contributed by atoms with Crippen molar-refractivity contribution in [3.63, 3.8) is 0 Å². The van der Waals surface area contributed by atoms with Crippen LogP contribution in [-0.4, -0.2) is 33.2 Å². The lowest BCUT2D eigenvalue weighted by atomic mass is 10.2. The number of fused-ring (bicyclic) bond motifs is 1. The van der Waals surface area contributed by atoms with Gasteiger partial charge in [-0.3, -0.25) is 4.79 Å². The van der Waals surface area contributed by atoms with Crippen LogP contribution in [0.5, 0.6) is 0 Å². The highest BCUT2D eigenvalue weighted by Gasteiger charge is 2.24. The molecule has 1 amide bonds. The molecule has 0 aliphatic carbocycles. The maximum atomic E-state index is 13.0. The molecule has 0 spiro atoms. The highest BCUT2D eigenvalue weighted by molar-refractivity contribution is 7.99. The molecule has 1 aliphatic rings. The molecule has 0 fully saturated rings. The van der Waals surface area contributed by atoms with Gasteiger partial charge in [-0.05, 0) is 56.2 Å². The number of nitrogens with zero attached hydrogens (tertiary/aromatic N) is 4. The van der Waals surface area contributed by atoms with E-state index < -0.39 is 0 Å². The quantitative estimate of drug-likeness (QED) is 0.329. The smallest absolute Gasteiger partial charge is 0.237 e. The first-order chi connectivity index (χ1) is 17.0. The molecule has 0 atom stereocenters. The number of carbonyl (C=O) groups is 1. The normalized spacial score (nSPS) is 12.3. The van der Waals surface area contributed by atoms with E-state index in [9.17, 15) is 4.79 Å². The van der Waals surface area contributed by atoms with Crippen LogP contribution in [0.3, 0.4) is 0 Å². The Morgan fingerprint density at radius 3 is 2.00 bits per heavy atom. The molecule has 1 aliphatic heterocycles. The molecule has 1 aromatic heterocycles. The lowest BCUT2D eigenvalue weighted by molar-refractivity contribution is -0.116. The number of thioether (sulfide) groups is 1. The van der Waals surface area contributed by atoms with Crippen LogP contribution in [-0.2, 0) is 11.2 Å². The summed E-state index contributed by atoms with van der Waals surface area (Å²) >= 11 is 1.31. The molecule has 0 radical (unpaired) electrons. The predicted octanol–water partition coefficient (Wildman–Crippen LogP) is 5.66. The van der Waals surface area contributed by atoms with Gasteiger partial charge in [0.15, 0.2) is 5.16 Å². The van der Waals surface area contributed by atoms with Crippen molar-refractivity contribution in [2.24, 2.45) is 0 Å². The summed E-state index contributed by atoms with van der Waals surface area (Å²) in [5.41, 5.74) is 6.31. The standard InChI is InChI=1S/C27H26N6OS/c1-18-7-11-21(12-8-18)28-25-30-26(29-22-13-9-19(2)10-14-22)32-27(31-25)35-17-24(34)33-16-15-20-5-3-4-6-23(20)33/h3-14H,15-17H2,1-2H3,(H2,28,29,30,31,32). The van der Waals surface area contributed by atoms with Crippen LogP contribution in [0.25, 0.3) is 0 Å². The Balaban J connectivity index is 1.35. The number of carbonyl (C=O) groups excluding carboxylic acids is 1. The lowest BCUT2D eigenvalue weighted by Gasteiger charge is -2.17. The predicted molar refractivity (Wildman–Crippen MR) is 142 cm³/mol. The lowest BCUT2D eigenvalue weighted by Crippen LogP contribution is -2.30. The number of para-hydroxylation sites is 1. The third-order valence-corrected chi connectivity index (χ3v) is 6.58. The van der Waals surface area contributed by atoms with Crippen molar-refractivity contribution in [3.05, 3.63) is 89.5 Å². The molecule has 0 saturated carbocycles. The van der Waals surface area contributed by atoms with Crippen LogP contribution >= 0.6 is 11.8 Å². The minimum atomic E-state index is 0.0430. The van der Waals surface area contributed by atoms with Crippen LogP contribution < -0.4 is 15.5 Å². The number of aryl methyl sites for hydroxylation is 2. The van der Waals surface area contributed by atoms with E-state index in [2.05, 4.69) is 31.7 Å². The van der Waals surface area contributed by atoms with Gasteiger partial charge in [-0.15, -0.1) is 0 Å². The zero-order chi connectivity index (χ0) is 24.2. The van der Waals surface area contributed by atoms with Gasteiger partial charge in [-0.2, -0.15) is 15.0 Å². The number of hydrogen-bond donors (Lipinski definition) is 2. The fraction of sp³-hybridized carbons (Fsp3) is 0.185. The van der Waals surface area contributed by atoms with Gasteiger partial charge in [-0.25, -0.2) is 0 Å². The highest BCUT2D eigenvalue weighted by Crippen LogP contribution is 2.29. The van der Waals surface area contributed by atoms with Crippen molar-refractivity contribution in [3.8, 4) is 0 Å². The third kappa shape index (κ3) is 5.60. The Morgan fingerprint density at radius 2 is 1.40 bits per heavy atom. The van der Waals surface area contributed by atoms with Crippen molar-refractivity contribution in [2.75, 3.05) is 27.8 Å². The number of amides is 1. The van der Waals surface area contributed by atoms with E-state index in [1.165, 1.54) is 28.5 Å². The fourth-order valence-electron chi connectivity index (χ4n) is 3.87. The molecule has 5 rings (SSSR count). The van der Waals surface area contributed by atoms with E-state index in [0.29, 0.717) is 23.6 Å². The summed E-state index contributed by atoms with van der Waals surface area (Å²) < 4.78 is 0. The number of benzene rings is 3. The first-order valence-corrected chi connectivity index (χ1v) is 12.5. The molecule has 0 saturated heterocycles. The molecule has 3 aromatic carbocycles. The van der Waals surface area contributed by atoms with Gasteiger partial charge in [0.1, 0.15) is 0 Å². The maximum absolute atomic E-state index is 13.0. The number of nitrogens with one attached hydrogen (secondary N) is 2. The van der Waals surface area contributed by atoms with Crippen LogP contribution in [0.1, 0.15) is 16.7 Å². The molecule has 176 valence electrons. The van der Waals surface area contributed by atoms with Crippen molar-refractivity contribution in [1.29, 1.82) is 0 Å². The third-order valence-electron chi connectivity index (χ3n) is 5.74. The van der Waals surface area contributed by atoms with Gasteiger partial charge in [0, 0.05) is 23.6 Å². The monoisotopic (exact) mass is 482 g/mol. The molecule has 8 heteroatoms. The van der Waals surface area contributed by atoms with Gasteiger partial charge in [0.2, 0.25) is 17.8 Å². The molecule has 0 unspecified atom stereocenters. The van der Waals surface area contributed by atoms with Crippen molar-refractivity contribution in [2.45, 2.75) is 25.4 Å². The largest absolute Gasteiger partial charge is 0.324 e.